The first-order valence-electron chi connectivity index (χ1n) is 9.61. The molecule has 7 nitrogen and oxygen atoms in total. The molecule has 0 aliphatic carbocycles. The lowest BCUT2D eigenvalue weighted by molar-refractivity contribution is -0.122. The highest BCUT2D eigenvalue weighted by Crippen LogP contribution is 2.26. The second-order valence-corrected chi connectivity index (χ2v) is 8.14. The predicted octanol–water partition coefficient (Wildman–Crippen LogP) is 2.69. The first-order chi connectivity index (χ1) is 14.0. The minimum atomic E-state index is -0.307. The van der Waals surface area contributed by atoms with Gasteiger partial charge in [0.2, 0.25) is 11.9 Å². The van der Waals surface area contributed by atoms with Crippen LogP contribution in [-0.4, -0.2) is 50.3 Å². The molecule has 1 aliphatic heterocycles. The van der Waals surface area contributed by atoms with Crippen molar-refractivity contribution in [3.8, 4) is 0 Å². The van der Waals surface area contributed by atoms with Gasteiger partial charge in [-0.1, -0.05) is 11.8 Å². The molecule has 1 aromatic carbocycles. The molecule has 1 aliphatic rings. The van der Waals surface area contributed by atoms with Crippen molar-refractivity contribution in [3.63, 3.8) is 0 Å². The number of rotatable bonds is 6. The van der Waals surface area contributed by atoms with E-state index in [4.69, 9.17) is 0 Å². The van der Waals surface area contributed by atoms with E-state index in [1.807, 2.05) is 29.6 Å². The average molecular weight is 415 g/mol. The number of hydrogen-bond donors (Lipinski definition) is 1. The molecule has 9 heteroatoms. The highest BCUT2D eigenvalue weighted by atomic mass is 32.2. The van der Waals surface area contributed by atoms with Gasteiger partial charge in [0.1, 0.15) is 11.9 Å². The maximum absolute atomic E-state index is 13.5. The van der Waals surface area contributed by atoms with Crippen molar-refractivity contribution in [1.82, 2.24) is 24.8 Å². The van der Waals surface area contributed by atoms with Gasteiger partial charge in [0.05, 0.1) is 11.2 Å². The van der Waals surface area contributed by atoms with Crippen LogP contribution in [0, 0.1) is 12.7 Å². The number of imidazole rings is 1. The van der Waals surface area contributed by atoms with Crippen molar-refractivity contribution in [2.45, 2.75) is 31.0 Å². The number of benzene rings is 1. The first-order valence-corrected chi connectivity index (χ1v) is 10.6. The van der Waals surface area contributed by atoms with Crippen LogP contribution in [0.5, 0.6) is 0 Å². The summed E-state index contributed by atoms with van der Waals surface area (Å²) in [6.45, 7) is 3.14. The molecule has 1 amide bonds. The highest BCUT2D eigenvalue weighted by molar-refractivity contribution is 7.99. The first kappa shape index (κ1) is 19.6. The lowest BCUT2D eigenvalue weighted by Gasteiger charge is -2.24. The third-order valence-electron chi connectivity index (χ3n) is 5.06. The van der Waals surface area contributed by atoms with Gasteiger partial charge in [-0.25, -0.2) is 19.3 Å². The third-order valence-corrected chi connectivity index (χ3v) is 6.12. The molecule has 3 heterocycles. The summed E-state index contributed by atoms with van der Waals surface area (Å²) in [5, 5.41) is 4.65. The Morgan fingerprint density at radius 3 is 3.03 bits per heavy atom. The Morgan fingerprint density at radius 2 is 2.24 bits per heavy atom. The fourth-order valence-corrected chi connectivity index (χ4v) is 4.36. The molecule has 0 unspecified atom stereocenters. The third kappa shape index (κ3) is 4.19. The fourth-order valence-electron chi connectivity index (χ4n) is 3.57. The molecule has 0 spiro atoms. The van der Waals surface area contributed by atoms with Crippen LogP contribution >= 0.6 is 11.8 Å². The van der Waals surface area contributed by atoms with Gasteiger partial charge >= 0.3 is 0 Å². The zero-order valence-corrected chi connectivity index (χ0v) is 17.2. The summed E-state index contributed by atoms with van der Waals surface area (Å²) < 4.78 is 15.5. The number of carbonyl (C=O) groups excluding carboxylic acids is 1. The number of anilines is 1. The van der Waals surface area contributed by atoms with Crippen LogP contribution in [0.1, 0.15) is 18.5 Å². The number of nitrogens with zero attached hydrogens (tertiary/aromatic N) is 5. The summed E-state index contributed by atoms with van der Waals surface area (Å²) in [5.41, 5.74) is 1.40. The fraction of sp³-hybridized carbons (Fsp3) is 0.400. The Bertz CT molecular complexity index is 1040. The number of aromatic nitrogens is 4. The van der Waals surface area contributed by atoms with Crippen molar-refractivity contribution in [1.29, 1.82) is 0 Å². The van der Waals surface area contributed by atoms with Gasteiger partial charge in [-0.15, -0.1) is 0 Å². The van der Waals surface area contributed by atoms with E-state index in [9.17, 15) is 9.18 Å². The molecular weight excluding hydrogens is 391 g/mol. The van der Waals surface area contributed by atoms with Gasteiger partial charge in [-0.2, -0.15) is 0 Å². The summed E-state index contributed by atoms with van der Waals surface area (Å²) >= 11 is 1.61. The molecular formula is C20H23FN6OS. The van der Waals surface area contributed by atoms with E-state index >= 15 is 0 Å². The van der Waals surface area contributed by atoms with Crippen molar-refractivity contribution in [2.75, 3.05) is 23.7 Å². The van der Waals surface area contributed by atoms with Gasteiger partial charge < -0.3 is 14.8 Å². The van der Waals surface area contributed by atoms with Gasteiger partial charge in [0.25, 0.3) is 0 Å². The molecule has 152 valence electrons. The van der Waals surface area contributed by atoms with E-state index < -0.39 is 0 Å². The Hall–Kier alpha value is -2.68. The van der Waals surface area contributed by atoms with E-state index in [-0.39, 0.29) is 17.8 Å². The summed E-state index contributed by atoms with van der Waals surface area (Å²) in [7, 11) is 1.95. The Morgan fingerprint density at radius 1 is 1.38 bits per heavy atom. The number of hydrogen-bond acceptors (Lipinski definition) is 6. The average Bonchev–Trinajstić information content (AvgIpc) is 3.35. The predicted molar refractivity (Wildman–Crippen MR) is 112 cm³/mol. The van der Waals surface area contributed by atoms with E-state index in [1.54, 1.807) is 24.0 Å². The Balaban J connectivity index is 1.42. The maximum Gasteiger partial charge on any atom is 0.242 e. The molecule has 1 N–H and O–H groups in total. The van der Waals surface area contributed by atoms with E-state index in [0.29, 0.717) is 29.1 Å². The van der Waals surface area contributed by atoms with Crippen LogP contribution in [0.3, 0.4) is 0 Å². The van der Waals surface area contributed by atoms with Gasteiger partial charge in [-0.05, 0) is 38.0 Å². The molecule has 29 heavy (non-hydrogen) atoms. The number of carbonyl (C=O) groups is 1. The number of halogens is 1. The number of thioether (sulfide) groups is 1. The molecule has 2 aromatic heterocycles. The van der Waals surface area contributed by atoms with Crippen LogP contribution in [-0.2, 0) is 11.8 Å². The zero-order valence-electron chi connectivity index (χ0n) is 16.4. The summed E-state index contributed by atoms with van der Waals surface area (Å²) in [5.74, 6) is 0.962. The summed E-state index contributed by atoms with van der Waals surface area (Å²) in [6.07, 6.45) is 5.33. The van der Waals surface area contributed by atoms with Crippen LogP contribution in [0.2, 0.25) is 0 Å². The van der Waals surface area contributed by atoms with Gasteiger partial charge in [-0.3, -0.25) is 4.79 Å². The topological polar surface area (TPSA) is 75.9 Å². The minimum absolute atomic E-state index is 0.0107. The molecule has 0 bridgehead atoms. The number of nitrogens with one attached hydrogen (secondary N) is 1. The van der Waals surface area contributed by atoms with Gasteiger partial charge in [0.15, 0.2) is 5.16 Å². The molecule has 4 rings (SSSR count). The largest absolute Gasteiger partial charge is 0.353 e. The van der Waals surface area contributed by atoms with E-state index in [2.05, 4.69) is 20.3 Å². The zero-order chi connectivity index (χ0) is 20.4. The smallest absolute Gasteiger partial charge is 0.242 e. The molecule has 1 atom stereocenters. The number of aryl methyl sites for hydroxylation is 2. The van der Waals surface area contributed by atoms with Crippen molar-refractivity contribution >= 4 is 34.5 Å². The quantitative estimate of drug-likeness (QED) is 0.494. The van der Waals surface area contributed by atoms with Crippen LogP contribution in [0.15, 0.2) is 35.7 Å². The highest BCUT2D eigenvalue weighted by Gasteiger charge is 2.32. The molecule has 0 saturated carbocycles. The summed E-state index contributed by atoms with van der Waals surface area (Å²) in [6, 6.07) is 4.21. The molecule has 1 fully saturated rings. The van der Waals surface area contributed by atoms with Crippen molar-refractivity contribution in [3.05, 3.63) is 42.1 Å². The second kappa shape index (κ2) is 8.36. The monoisotopic (exact) mass is 414 g/mol. The van der Waals surface area contributed by atoms with Crippen LogP contribution in [0.25, 0.3) is 10.9 Å². The maximum atomic E-state index is 13.5. The van der Waals surface area contributed by atoms with Crippen molar-refractivity contribution < 1.29 is 9.18 Å². The van der Waals surface area contributed by atoms with E-state index in [1.165, 1.54) is 12.1 Å². The Labute approximate surface area is 172 Å². The number of amides is 1. The second-order valence-electron chi connectivity index (χ2n) is 7.08. The molecule has 0 radical (unpaired) electrons. The van der Waals surface area contributed by atoms with Crippen LogP contribution in [0.4, 0.5) is 10.3 Å². The normalized spacial score (nSPS) is 16.5. The molecule has 1 saturated heterocycles. The van der Waals surface area contributed by atoms with Crippen LogP contribution < -0.4 is 10.2 Å². The number of fused-ring (bicyclic) bond motifs is 1. The van der Waals surface area contributed by atoms with E-state index in [0.717, 1.165) is 30.3 Å². The molecule has 3 aromatic rings. The lowest BCUT2D eigenvalue weighted by Crippen LogP contribution is -2.44. The lowest BCUT2D eigenvalue weighted by atomic mass is 10.2. The summed E-state index contributed by atoms with van der Waals surface area (Å²) in [4.78, 5) is 28.1. The Kier molecular flexibility index (Phi) is 5.66. The minimum Gasteiger partial charge on any atom is -0.353 e. The standard InChI is InChI=1S/C20H23FN6OS/c1-13-15-12-14(21)5-6-16(15)25-19(24-13)27-9-3-4-17(27)18(28)22-8-11-29-20-23-7-10-26(20)2/h5-7,10,12,17H,3-4,8-9,11H2,1-2H3,(H,22,28)/t17-/m0/s1. The van der Waals surface area contributed by atoms with Gasteiger partial charge in [0, 0.05) is 43.7 Å². The van der Waals surface area contributed by atoms with Crippen molar-refractivity contribution in [2.24, 2.45) is 7.05 Å². The SMILES string of the molecule is Cc1nc(N2CCC[C@H]2C(=O)NCCSc2nccn2C)nc2ccc(F)cc12.